The number of benzene rings is 2. The van der Waals surface area contributed by atoms with E-state index < -0.39 is 0 Å². The molecule has 2 aromatic rings. The molecule has 2 aromatic carbocycles. The number of carbonyl (C=O) groups excluding carboxylic acids is 2. The molecule has 0 saturated carbocycles. The summed E-state index contributed by atoms with van der Waals surface area (Å²) in [5.41, 5.74) is 2.70. The second-order valence-electron chi connectivity index (χ2n) is 7.58. The third-order valence-electron chi connectivity index (χ3n) is 5.23. The van der Waals surface area contributed by atoms with Crippen LogP contribution in [0.25, 0.3) is 0 Å². The number of piperidine rings is 1. The second-order valence-corrected chi connectivity index (χ2v) is 7.58. The first-order valence-electron chi connectivity index (χ1n) is 9.74. The lowest BCUT2D eigenvalue weighted by atomic mass is 9.96. The quantitative estimate of drug-likeness (QED) is 0.712. The minimum absolute atomic E-state index is 0.128. The fraction of sp³-hybridized carbons (Fsp3) is 0.391. The molecular formula is C23H26FNO3. The van der Waals surface area contributed by atoms with Gasteiger partial charge in [-0.3, -0.25) is 9.59 Å². The predicted octanol–water partition coefficient (Wildman–Crippen LogP) is 4.54. The minimum atomic E-state index is -0.364. The molecule has 0 bridgehead atoms. The van der Waals surface area contributed by atoms with Gasteiger partial charge in [0.25, 0.3) is 5.91 Å². The van der Waals surface area contributed by atoms with E-state index in [2.05, 4.69) is 26.0 Å². The Kier molecular flexibility index (Phi) is 6.45. The molecular weight excluding hydrogens is 357 g/mol. The Morgan fingerprint density at radius 1 is 1.04 bits per heavy atom. The van der Waals surface area contributed by atoms with E-state index in [1.807, 2.05) is 12.1 Å². The summed E-state index contributed by atoms with van der Waals surface area (Å²) in [6.07, 6.45) is 1.16. The first-order valence-corrected chi connectivity index (χ1v) is 9.74. The van der Waals surface area contributed by atoms with Crippen LogP contribution in [0, 0.1) is 11.7 Å². The number of amides is 1. The van der Waals surface area contributed by atoms with Crippen molar-refractivity contribution in [2.45, 2.75) is 39.2 Å². The molecule has 0 aliphatic carbocycles. The molecule has 0 atom stereocenters. The highest BCUT2D eigenvalue weighted by Crippen LogP contribution is 2.21. The summed E-state index contributed by atoms with van der Waals surface area (Å²) in [5, 5.41) is 0. The molecule has 5 heteroatoms. The number of likely N-dealkylation sites (tertiary alicyclic amines) is 1. The van der Waals surface area contributed by atoms with E-state index in [1.54, 1.807) is 4.90 Å². The lowest BCUT2D eigenvalue weighted by Gasteiger charge is -2.31. The lowest BCUT2D eigenvalue weighted by Crippen LogP contribution is -2.40. The Labute approximate surface area is 165 Å². The van der Waals surface area contributed by atoms with Crippen molar-refractivity contribution < 1.29 is 18.7 Å². The molecule has 1 fully saturated rings. The standard InChI is InChI=1S/C23H26FNO3/c1-16(2)18-5-3-17(4-6-18)15-28-23(27)20-11-13-25(14-12-20)22(26)19-7-9-21(24)10-8-19/h3-10,16,20H,11-15H2,1-2H3. The smallest absolute Gasteiger partial charge is 0.309 e. The molecule has 1 amide bonds. The zero-order valence-corrected chi connectivity index (χ0v) is 16.4. The van der Waals surface area contributed by atoms with Crippen LogP contribution in [0.4, 0.5) is 4.39 Å². The molecule has 1 aliphatic heterocycles. The monoisotopic (exact) mass is 383 g/mol. The van der Waals surface area contributed by atoms with Gasteiger partial charge < -0.3 is 9.64 Å². The van der Waals surface area contributed by atoms with E-state index in [0.29, 0.717) is 37.4 Å². The van der Waals surface area contributed by atoms with E-state index in [4.69, 9.17) is 4.74 Å². The number of nitrogens with zero attached hydrogens (tertiary/aromatic N) is 1. The van der Waals surface area contributed by atoms with Crippen molar-refractivity contribution >= 4 is 11.9 Å². The predicted molar refractivity (Wildman–Crippen MR) is 105 cm³/mol. The Hall–Kier alpha value is -2.69. The van der Waals surface area contributed by atoms with Crippen LogP contribution in [0.3, 0.4) is 0 Å². The maximum atomic E-state index is 13.0. The van der Waals surface area contributed by atoms with Gasteiger partial charge in [-0.1, -0.05) is 38.1 Å². The maximum Gasteiger partial charge on any atom is 0.309 e. The summed E-state index contributed by atoms with van der Waals surface area (Å²) in [4.78, 5) is 26.5. The van der Waals surface area contributed by atoms with Gasteiger partial charge in [-0.25, -0.2) is 4.39 Å². The van der Waals surface area contributed by atoms with Gasteiger partial charge >= 0.3 is 5.97 Å². The number of hydrogen-bond acceptors (Lipinski definition) is 3. The SMILES string of the molecule is CC(C)c1ccc(COC(=O)C2CCN(C(=O)c3ccc(F)cc3)CC2)cc1. The molecule has 4 nitrogen and oxygen atoms in total. The zero-order chi connectivity index (χ0) is 20.1. The van der Waals surface area contributed by atoms with Crippen molar-refractivity contribution in [3.8, 4) is 0 Å². The van der Waals surface area contributed by atoms with Crippen molar-refractivity contribution in [3.63, 3.8) is 0 Å². The van der Waals surface area contributed by atoms with Crippen LogP contribution in [0.2, 0.25) is 0 Å². The molecule has 0 spiro atoms. The van der Waals surface area contributed by atoms with Gasteiger partial charge in [-0.05, 0) is 54.2 Å². The fourth-order valence-electron chi connectivity index (χ4n) is 3.36. The molecule has 1 saturated heterocycles. The van der Waals surface area contributed by atoms with E-state index in [1.165, 1.54) is 29.8 Å². The minimum Gasteiger partial charge on any atom is -0.461 e. The van der Waals surface area contributed by atoms with Gasteiger partial charge in [0, 0.05) is 18.7 Å². The summed E-state index contributed by atoms with van der Waals surface area (Å²) in [5.74, 6) is -0.415. The zero-order valence-electron chi connectivity index (χ0n) is 16.4. The largest absolute Gasteiger partial charge is 0.461 e. The highest BCUT2D eigenvalue weighted by Gasteiger charge is 2.28. The third kappa shape index (κ3) is 4.97. The first-order chi connectivity index (χ1) is 13.4. The Balaban J connectivity index is 1.47. The molecule has 1 heterocycles. The van der Waals surface area contributed by atoms with Gasteiger partial charge in [-0.15, -0.1) is 0 Å². The number of rotatable bonds is 5. The van der Waals surface area contributed by atoms with Crippen LogP contribution in [0.5, 0.6) is 0 Å². The van der Waals surface area contributed by atoms with Gasteiger partial charge in [0.15, 0.2) is 0 Å². The summed E-state index contributed by atoms with van der Waals surface area (Å²) < 4.78 is 18.5. The second kappa shape index (κ2) is 9.00. The van der Waals surface area contributed by atoms with Crippen LogP contribution in [0.15, 0.2) is 48.5 Å². The maximum absolute atomic E-state index is 13.0. The van der Waals surface area contributed by atoms with Crippen molar-refractivity contribution in [1.29, 1.82) is 0 Å². The molecule has 0 unspecified atom stereocenters. The number of ether oxygens (including phenoxy) is 1. The number of halogens is 1. The number of hydrogen-bond donors (Lipinski definition) is 0. The van der Waals surface area contributed by atoms with Crippen LogP contribution >= 0.6 is 0 Å². The Bertz CT molecular complexity index is 807. The fourth-order valence-corrected chi connectivity index (χ4v) is 3.36. The van der Waals surface area contributed by atoms with Crippen LogP contribution in [-0.2, 0) is 16.1 Å². The van der Waals surface area contributed by atoms with Crippen molar-refractivity contribution in [3.05, 3.63) is 71.0 Å². The summed E-state index contributed by atoms with van der Waals surface area (Å²) in [6.45, 7) is 5.55. The van der Waals surface area contributed by atoms with E-state index in [-0.39, 0.29) is 30.2 Å². The topological polar surface area (TPSA) is 46.6 Å². The number of esters is 1. The van der Waals surface area contributed by atoms with E-state index in [0.717, 1.165) is 5.56 Å². The summed E-state index contributed by atoms with van der Waals surface area (Å²) in [6, 6.07) is 13.7. The summed E-state index contributed by atoms with van der Waals surface area (Å²) in [7, 11) is 0. The average Bonchev–Trinajstić information content (AvgIpc) is 2.72. The van der Waals surface area contributed by atoms with E-state index >= 15 is 0 Å². The summed E-state index contributed by atoms with van der Waals surface area (Å²) >= 11 is 0. The van der Waals surface area contributed by atoms with Gasteiger partial charge in [0.05, 0.1) is 5.92 Å². The number of carbonyl (C=O) groups is 2. The Morgan fingerprint density at radius 3 is 2.21 bits per heavy atom. The molecule has 3 rings (SSSR count). The molecule has 0 N–H and O–H groups in total. The average molecular weight is 383 g/mol. The lowest BCUT2D eigenvalue weighted by molar-refractivity contribution is -0.151. The van der Waals surface area contributed by atoms with Crippen molar-refractivity contribution in [1.82, 2.24) is 4.90 Å². The molecule has 1 aliphatic rings. The van der Waals surface area contributed by atoms with Crippen LogP contribution in [0.1, 0.15) is 54.1 Å². The van der Waals surface area contributed by atoms with Gasteiger partial charge in [0.2, 0.25) is 0 Å². The van der Waals surface area contributed by atoms with Gasteiger partial charge in [0.1, 0.15) is 12.4 Å². The van der Waals surface area contributed by atoms with Crippen LogP contribution in [-0.4, -0.2) is 29.9 Å². The van der Waals surface area contributed by atoms with Crippen molar-refractivity contribution in [2.75, 3.05) is 13.1 Å². The Morgan fingerprint density at radius 2 is 1.64 bits per heavy atom. The molecule has 28 heavy (non-hydrogen) atoms. The van der Waals surface area contributed by atoms with Gasteiger partial charge in [-0.2, -0.15) is 0 Å². The first kappa shape index (κ1) is 20.1. The highest BCUT2D eigenvalue weighted by atomic mass is 19.1. The van der Waals surface area contributed by atoms with Crippen molar-refractivity contribution in [2.24, 2.45) is 5.92 Å². The van der Waals surface area contributed by atoms with Crippen LogP contribution < -0.4 is 0 Å². The highest BCUT2D eigenvalue weighted by molar-refractivity contribution is 5.94. The molecule has 0 aromatic heterocycles. The normalized spacial score (nSPS) is 14.9. The molecule has 148 valence electrons. The van der Waals surface area contributed by atoms with E-state index in [9.17, 15) is 14.0 Å². The molecule has 0 radical (unpaired) electrons. The third-order valence-corrected chi connectivity index (χ3v) is 5.23.